The number of sulfone groups is 1. The molecular formula is C11H9IN6O2S. The minimum Gasteiger partial charge on any atom is -0.368 e. The minimum absolute atomic E-state index is 0.0789. The topological polar surface area (TPSA) is 116 Å². The Morgan fingerprint density at radius 3 is 2.67 bits per heavy atom. The zero-order valence-electron chi connectivity index (χ0n) is 10.7. The van der Waals surface area contributed by atoms with Crippen LogP contribution in [0.2, 0.25) is 0 Å². The van der Waals surface area contributed by atoms with Crippen molar-refractivity contribution in [3.05, 3.63) is 27.8 Å². The van der Waals surface area contributed by atoms with Crippen LogP contribution in [0.15, 0.2) is 29.4 Å². The molecule has 0 amide bonds. The van der Waals surface area contributed by atoms with E-state index in [1.165, 1.54) is 4.52 Å². The molecule has 3 aromatic rings. The van der Waals surface area contributed by atoms with E-state index in [4.69, 9.17) is 5.73 Å². The van der Waals surface area contributed by atoms with Crippen molar-refractivity contribution in [3.63, 3.8) is 0 Å². The smallest absolute Gasteiger partial charge is 0.258 e. The Bertz CT molecular complexity index is 953. The predicted octanol–water partition coefficient (Wildman–Crippen LogP) is 0.777. The van der Waals surface area contributed by atoms with Gasteiger partial charge in [-0.3, -0.25) is 0 Å². The average molecular weight is 416 g/mol. The number of nitrogens with two attached hydrogens (primary N) is 1. The molecule has 0 aliphatic carbocycles. The van der Waals surface area contributed by atoms with Crippen LogP contribution in [0.3, 0.4) is 0 Å². The van der Waals surface area contributed by atoms with Gasteiger partial charge >= 0.3 is 0 Å². The lowest BCUT2D eigenvalue weighted by molar-refractivity contribution is 0.592. The van der Waals surface area contributed by atoms with Gasteiger partial charge in [-0.1, -0.05) is 12.1 Å². The van der Waals surface area contributed by atoms with Gasteiger partial charge in [0.2, 0.25) is 15.8 Å². The lowest BCUT2D eigenvalue weighted by Crippen LogP contribution is -2.11. The molecule has 0 bridgehead atoms. The van der Waals surface area contributed by atoms with Crippen LogP contribution in [0.4, 0.5) is 5.95 Å². The van der Waals surface area contributed by atoms with Crippen LogP contribution < -0.4 is 5.73 Å². The highest BCUT2D eigenvalue weighted by Gasteiger charge is 2.17. The second kappa shape index (κ2) is 4.87. The molecule has 2 heterocycles. The summed E-state index contributed by atoms with van der Waals surface area (Å²) in [6, 6.07) is 7.56. The highest BCUT2D eigenvalue weighted by molar-refractivity contribution is 14.1. The molecule has 2 N–H and O–H groups in total. The first-order chi connectivity index (χ1) is 9.84. The molecule has 0 aliphatic heterocycles. The van der Waals surface area contributed by atoms with Gasteiger partial charge in [0, 0.05) is 15.4 Å². The maximum absolute atomic E-state index is 11.5. The van der Waals surface area contributed by atoms with Gasteiger partial charge in [-0.2, -0.15) is 19.5 Å². The monoisotopic (exact) mass is 416 g/mol. The molecule has 0 saturated carbocycles. The second-order valence-corrected chi connectivity index (χ2v) is 7.45. The van der Waals surface area contributed by atoms with Crippen molar-refractivity contribution >= 4 is 44.2 Å². The van der Waals surface area contributed by atoms with E-state index in [2.05, 4.69) is 42.6 Å². The summed E-state index contributed by atoms with van der Waals surface area (Å²) in [5, 5.41) is 3.84. The second-order valence-electron chi connectivity index (χ2n) is 4.29. The number of fused-ring (bicyclic) bond motifs is 1. The van der Waals surface area contributed by atoms with Gasteiger partial charge in [0.05, 0.1) is 0 Å². The van der Waals surface area contributed by atoms with E-state index in [-0.39, 0.29) is 16.9 Å². The van der Waals surface area contributed by atoms with E-state index in [1.54, 1.807) is 0 Å². The van der Waals surface area contributed by atoms with Gasteiger partial charge in [0.15, 0.2) is 5.82 Å². The number of nitrogen functional groups attached to an aromatic ring is 1. The molecule has 10 heteroatoms. The highest BCUT2D eigenvalue weighted by atomic mass is 127. The van der Waals surface area contributed by atoms with Crippen molar-refractivity contribution in [1.29, 1.82) is 0 Å². The van der Waals surface area contributed by atoms with Gasteiger partial charge < -0.3 is 5.73 Å². The Morgan fingerprint density at radius 2 is 2.00 bits per heavy atom. The summed E-state index contributed by atoms with van der Waals surface area (Å²) in [6.07, 6.45) is 1.01. The predicted molar refractivity (Wildman–Crippen MR) is 84.3 cm³/mol. The van der Waals surface area contributed by atoms with Gasteiger partial charge in [0.1, 0.15) is 0 Å². The molecular weight excluding hydrogens is 407 g/mol. The van der Waals surface area contributed by atoms with E-state index in [0.717, 1.165) is 15.4 Å². The molecule has 0 spiro atoms. The minimum atomic E-state index is -3.56. The molecule has 1 aromatic carbocycles. The van der Waals surface area contributed by atoms with Crippen molar-refractivity contribution in [3.8, 4) is 11.4 Å². The molecule has 0 radical (unpaired) electrons. The Balaban J connectivity index is 2.23. The first kappa shape index (κ1) is 14.1. The fourth-order valence-electron chi connectivity index (χ4n) is 1.70. The maximum atomic E-state index is 11.5. The lowest BCUT2D eigenvalue weighted by Gasteiger charge is -1.99. The Hall–Kier alpha value is -1.82. The number of hydrogen-bond donors (Lipinski definition) is 1. The van der Waals surface area contributed by atoms with Gasteiger partial charge in [-0.15, -0.1) is 5.10 Å². The number of aromatic nitrogens is 5. The van der Waals surface area contributed by atoms with Crippen LogP contribution in [-0.4, -0.2) is 39.2 Å². The molecule has 0 aliphatic rings. The van der Waals surface area contributed by atoms with E-state index < -0.39 is 9.84 Å². The molecule has 0 saturated heterocycles. The van der Waals surface area contributed by atoms with Crippen LogP contribution >= 0.6 is 22.6 Å². The van der Waals surface area contributed by atoms with Crippen LogP contribution in [0.25, 0.3) is 17.2 Å². The molecule has 0 atom stereocenters. The van der Waals surface area contributed by atoms with Crippen molar-refractivity contribution in [2.24, 2.45) is 0 Å². The fraction of sp³-hybridized carbons (Fsp3) is 0.0909. The van der Waals surface area contributed by atoms with Gasteiger partial charge in [-0.05, 0) is 34.7 Å². The third kappa shape index (κ3) is 2.68. The summed E-state index contributed by atoms with van der Waals surface area (Å²) in [5.41, 5.74) is 6.50. The first-order valence-electron chi connectivity index (χ1n) is 5.71. The molecule has 21 heavy (non-hydrogen) atoms. The molecule has 108 valence electrons. The maximum Gasteiger partial charge on any atom is 0.258 e. The Labute approximate surface area is 133 Å². The number of halogens is 1. The standard InChI is InChI=1S/C11H9IN6O2S/c1-21(19,20)11-15-9(13)18-10(16-11)14-8(17-18)6-3-2-4-7(12)5-6/h2-5H,1H3,(H2,13,14,15,16,17). The Morgan fingerprint density at radius 1 is 1.24 bits per heavy atom. The summed E-state index contributed by atoms with van der Waals surface area (Å²) in [5.74, 6) is 0.418. The third-order valence-corrected chi connectivity index (χ3v) is 4.14. The number of benzene rings is 1. The van der Waals surface area contributed by atoms with Gasteiger partial charge in [0.25, 0.3) is 10.9 Å². The van der Waals surface area contributed by atoms with E-state index >= 15 is 0 Å². The van der Waals surface area contributed by atoms with Gasteiger partial charge in [-0.25, -0.2) is 8.42 Å². The fourth-order valence-corrected chi connectivity index (χ4v) is 2.75. The number of hydrogen-bond acceptors (Lipinski definition) is 7. The molecule has 8 nitrogen and oxygen atoms in total. The van der Waals surface area contributed by atoms with Crippen LogP contribution in [0.5, 0.6) is 0 Å². The molecule has 0 fully saturated rings. The summed E-state index contributed by atoms with van der Waals surface area (Å²) in [7, 11) is -3.56. The average Bonchev–Trinajstić information content (AvgIpc) is 2.82. The van der Waals surface area contributed by atoms with Crippen molar-refractivity contribution in [1.82, 2.24) is 24.6 Å². The lowest BCUT2D eigenvalue weighted by atomic mass is 10.2. The van der Waals surface area contributed by atoms with Crippen molar-refractivity contribution in [2.75, 3.05) is 12.0 Å². The zero-order valence-corrected chi connectivity index (χ0v) is 13.7. The summed E-state index contributed by atoms with van der Waals surface area (Å²) in [4.78, 5) is 11.8. The van der Waals surface area contributed by atoms with Crippen molar-refractivity contribution in [2.45, 2.75) is 5.16 Å². The van der Waals surface area contributed by atoms with Crippen LogP contribution in [-0.2, 0) is 9.84 Å². The normalized spacial score (nSPS) is 11.9. The number of anilines is 1. The van der Waals surface area contributed by atoms with Crippen molar-refractivity contribution < 1.29 is 8.42 Å². The summed E-state index contributed by atoms with van der Waals surface area (Å²) >= 11 is 2.18. The van der Waals surface area contributed by atoms with Crippen LogP contribution in [0, 0.1) is 3.57 Å². The number of rotatable bonds is 2. The quantitative estimate of drug-likeness (QED) is 0.614. The van der Waals surface area contributed by atoms with E-state index in [1.807, 2.05) is 24.3 Å². The van der Waals surface area contributed by atoms with Crippen LogP contribution in [0.1, 0.15) is 0 Å². The molecule has 2 aromatic heterocycles. The SMILES string of the molecule is CS(=O)(=O)c1nc(N)n2nc(-c3cccc(I)c3)nc2n1. The summed E-state index contributed by atoms with van der Waals surface area (Å²) < 4.78 is 25.3. The van der Waals surface area contributed by atoms with E-state index in [9.17, 15) is 8.42 Å². The van der Waals surface area contributed by atoms with E-state index in [0.29, 0.717) is 5.82 Å². The largest absolute Gasteiger partial charge is 0.368 e. The summed E-state index contributed by atoms with van der Waals surface area (Å²) in [6.45, 7) is 0. The highest BCUT2D eigenvalue weighted by Crippen LogP contribution is 2.19. The molecule has 0 unspecified atom stereocenters. The Kier molecular flexibility index (Phi) is 3.28. The third-order valence-electron chi connectivity index (χ3n) is 2.63. The number of nitrogens with zero attached hydrogens (tertiary/aromatic N) is 5. The molecule has 3 rings (SSSR count). The first-order valence-corrected chi connectivity index (χ1v) is 8.68. The zero-order chi connectivity index (χ0) is 15.2.